The summed E-state index contributed by atoms with van der Waals surface area (Å²) in [6.45, 7) is 2.17. The summed E-state index contributed by atoms with van der Waals surface area (Å²) in [5.41, 5.74) is 0. The molecular weight excluding hydrogens is 198 g/mol. The molecule has 2 heterocycles. The molecule has 1 aliphatic rings. The lowest BCUT2D eigenvalue weighted by atomic mass is 9.97. The van der Waals surface area contributed by atoms with Crippen molar-refractivity contribution in [1.82, 2.24) is 15.0 Å². The second kappa shape index (κ2) is 4.39. The van der Waals surface area contributed by atoms with E-state index < -0.39 is 5.97 Å². The van der Waals surface area contributed by atoms with Gasteiger partial charge < -0.3 is 9.63 Å². The smallest absolute Gasteiger partial charge is 0.306 e. The summed E-state index contributed by atoms with van der Waals surface area (Å²) in [5, 5.41) is 12.3. The number of aromatic nitrogens is 2. The van der Waals surface area contributed by atoms with Crippen LogP contribution < -0.4 is 0 Å². The number of piperidine rings is 1. The van der Waals surface area contributed by atoms with Gasteiger partial charge in [0.15, 0.2) is 6.33 Å². The highest BCUT2D eigenvalue weighted by Crippen LogP contribution is 2.18. The van der Waals surface area contributed by atoms with Crippen molar-refractivity contribution in [2.24, 2.45) is 5.92 Å². The first-order valence-electron chi connectivity index (χ1n) is 4.96. The van der Waals surface area contributed by atoms with Crippen molar-refractivity contribution in [2.75, 3.05) is 13.1 Å². The number of nitrogens with zero attached hydrogens (tertiary/aromatic N) is 3. The number of likely N-dealkylation sites (tertiary alicyclic amines) is 1. The van der Waals surface area contributed by atoms with Gasteiger partial charge in [-0.05, 0) is 25.9 Å². The van der Waals surface area contributed by atoms with E-state index >= 15 is 0 Å². The van der Waals surface area contributed by atoms with Crippen molar-refractivity contribution in [3.63, 3.8) is 0 Å². The molecule has 6 heteroatoms. The largest absolute Gasteiger partial charge is 0.481 e. The first-order chi connectivity index (χ1) is 7.25. The first-order valence-corrected chi connectivity index (χ1v) is 4.96. The second-order valence-corrected chi connectivity index (χ2v) is 3.72. The normalized spacial score (nSPS) is 19.2. The van der Waals surface area contributed by atoms with E-state index in [1.165, 1.54) is 6.33 Å². The predicted molar refractivity (Wildman–Crippen MR) is 49.9 cm³/mol. The summed E-state index contributed by atoms with van der Waals surface area (Å²) >= 11 is 0. The third-order valence-electron chi connectivity index (χ3n) is 2.70. The zero-order chi connectivity index (χ0) is 10.7. The summed E-state index contributed by atoms with van der Waals surface area (Å²) in [4.78, 5) is 16.8. The Hall–Kier alpha value is -1.43. The maximum absolute atomic E-state index is 10.7. The molecule has 0 aliphatic carbocycles. The van der Waals surface area contributed by atoms with E-state index in [9.17, 15) is 4.79 Å². The topological polar surface area (TPSA) is 79.5 Å². The molecule has 1 saturated heterocycles. The molecule has 1 aromatic heterocycles. The number of hydrogen-bond donors (Lipinski definition) is 1. The van der Waals surface area contributed by atoms with E-state index in [0.29, 0.717) is 25.3 Å². The van der Waals surface area contributed by atoms with Crippen LogP contribution in [0.15, 0.2) is 10.9 Å². The molecule has 0 saturated carbocycles. The van der Waals surface area contributed by atoms with E-state index in [0.717, 1.165) is 13.1 Å². The third kappa shape index (κ3) is 2.53. The molecule has 0 atom stereocenters. The molecule has 82 valence electrons. The summed E-state index contributed by atoms with van der Waals surface area (Å²) < 4.78 is 4.89. The molecule has 0 radical (unpaired) electrons. The summed E-state index contributed by atoms with van der Waals surface area (Å²) in [5.74, 6) is -0.292. The summed E-state index contributed by atoms with van der Waals surface area (Å²) in [6.07, 6.45) is 2.77. The summed E-state index contributed by atoms with van der Waals surface area (Å²) in [7, 11) is 0. The molecule has 0 aromatic carbocycles. The lowest BCUT2D eigenvalue weighted by Crippen LogP contribution is -2.35. The van der Waals surface area contributed by atoms with Crippen molar-refractivity contribution in [3.05, 3.63) is 12.2 Å². The molecule has 0 amide bonds. The van der Waals surface area contributed by atoms with Gasteiger partial charge >= 0.3 is 5.97 Å². The van der Waals surface area contributed by atoms with Gasteiger partial charge in [0.05, 0.1) is 12.5 Å². The van der Waals surface area contributed by atoms with Gasteiger partial charge in [0.2, 0.25) is 5.89 Å². The molecule has 0 unspecified atom stereocenters. The van der Waals surface area contributed by atoms with Crippen molar-refractivity contribution in [1.29, 1.82) is 0 Å². The fourth-order valence-electron chi connectivity index (χ4n) is 1.79. The minimum absolute atomic E-state index is 0.191. The Morgan fingerprint density at radius 2 is 2.33 bits per heavy atom. The quantitative estimate of drug-likeness (QED) is 0.777. The first kappa shape index (κ1) is 10.1. The van der Waals surface area contributed by atoms with Gasteiger partial charge in [-0.3, -0.25) is 9.69 Å². The van der Waals surface area contributed by atoms with Crippen LogP contribution in [0, 0.1) is 5.92 Å². The standard InChI is InChI=1S/C9H13N3O3/c13-9(14)7-1-3-12(4-2-7)5-8-10-6-11-15-8/h6-7H,1-5H2,(H,13,14). The van der Waals surface area contributed by atoms with Crippen LogP contribution in [0.4, 0.5) is 0 Å². The van der Waals surface area contributed by atoms with Crippen LogP contribution in [0.5, 0.6) is 0 Å². The van der Waals surface area contributed by atoms with Crippen LogP contribution in [0.1, 0.15) is 18.7 Å². The molecule has 1 N–H and O–H groups in total. The third-order valence-corrected chi connectivity index (χ3v) is 2.70. The zero-order valence-corrected chi connectivity index (χ0v) is 8.30. The second-order valence-electron chi connectivity index (χ2n) is 3.72. The van der Waals surface area contributed by atoms with Crippen LogP contribution in [-0.2, 0) is 11.3 Å². The minimum atomic E-state index is -0.688. The lowest BCUT2D eigenvalue weighted by molar-refractivity contribution is -0.143. The van der Waals surface area contributed by atoms with Crippen molar-refractivity contribution in [2.45, 2.75) is 19.4 Å². The van der Waals surface area contributed by atoms with Crippen molar-refractivity contribution < 1.29 is 14.4 Å². The lowest BCUT2D eigenvalue weighted by Gasteiger charge is -2.28. The van der Waals surface area contributed by atoms with E-state index in [2.05, 4.69) is 15.0 Å². The minimum Gasteiger partial charge on any atom is -0.481 e. The predicted octanol–water partition coefficient (Wildman–Crippen LogP) is 0.366. The Kier molecular flexibility index (Phi) is 2.96. The molecule has 1 fully saturated rings. The van der Waals surface area contributed by atoms with Gasteiger partial charge in [0, 0.05) is 0 Å². The Labute approximate surface area is 86.9 Å². The highest BCUT2D eigenvalue weighted by molar-refractivity contribution is 5.70. The summed E-state index contributed by atoms with van der Waals surface area (Å²) in [6, 6.07) is 0. The van der Waals surface area contributed by atoms with Crippen LogP contribution >= 0.6 is 0 Å². The fraction of sp³-hybridized carbons (Fsp3) is 0.667. The van der Waals surface area contributed by atoms with Crippen molar-refractivity contribution in [3.8, 4) is 0 Å². The van der Waals surface area contributed by atoms with Gasteiger partial charge in [-0.1, -0.05) is 5.16 Å². The SMILES string of the molecule is O=C(O)C1CCN(Cc2ncno2)CC1. The molecule has 15 heavy (non-hydrogen) atoms. The van der Waals surface area contributed by atoms with Gasteiger partial charge in [-0.15, -0.1) is 0 Å². The Morgan fingerprint density at radius 3 is 2.87 bits per heavy atom. The van der Waals surface area contributed by atoms with E-state index in [4.69, 9.17) is 9.63 Å². The van der Waals surface area contributed by atoms with Crippen LogP contribution in [0.2, 0.25) is 0 Å². The Balaban J connectivity index is 1.81. The molecule has 0 bridgehead atoms. The fourth-order valence-corrected chi connectivity index (χ4v) is 1.79. The van der Waals surface area contributed by atoms with Gasteiger partial charge in [0.25, 0.3) is 0 Å². The number of carbonyl (C=O) groups is 1. The average molecular weight is 211 g/mol. The number of hydrogen-bond acceptors (Lipinski definition) is 5. The van der Waals surface area contributed by atoms with Crippen LogP contribution in [0.3, 0.4) is 0 Å². The molecular formula is C9H13N3O3. The molecule has 6 nitrogen and oxygen atoms in total. The van der Waals surface area contributed by atoms with E-state index in [-0.39, 0.29) is 5.92 Å². The highest BCUT2D eigenvalue weighted by atomic mass is 16.5. The van der Waals surface area contributed by atoms with Gasteiger partial charge in [-0.2, -0.15) is 4.98 Å². The average Bonchev–Trinajstić information content (AvgIpc) is 2.71. The maximum atomic E-state index is 10.7. The Bertz CT molecular complexity index is 317. The highest BCUT2D eigenvalue weighted by Gasteiger charge is 2.24. The van der Waals surface area contributed by atoms with Crippen LogP contribution in [-0.4, -0.2) is 39.2 Å². The van der Waals surface area contributed by atoms with Gasteiger partial charge in [-0.25, -0.2) is 0 Å². The van der Waals surface area contributed by atoms with Crippen LogP contribution in [0.25, 0.3) is 0 Å². The number of aliphatic carboxylic acids is 1. The molecule has 0 spiro atoms. The molecule has 1 aliphatic heterocycles. The molecule has 1 aromatic rings. The molecule has 2 rings (SSSR count). The number of rotatable bonds is 3. The monoisotopic (exact) mass is 211 g/mol. The number of carboxylic acid groups (broad SMARTS) is 1. The number of carboxylic acids is 1. The van der Waals surface area contributed by atoms with Gasteiger partial charge in [0.1, 0.15) is 0 Å². The maximum Gasteiger partial charge on any atom is 0.306 e. The van der Waals surface area contributed by atoms with E-state index in [1.54, 1.807) is 0 Å². The van der Waals surface area contributed by atoms with Crippen molar-refractivity contribution >= 4 is 5.97 Å². The van der Waals surface area contributed by atoms with E-state index in [1.807, 2.05) is 0 Å². The zero-order valence-electron chi connectivity index (χ0n) is 8.30. The Morgan fingerprint density at radius 1 is 1.60 bits per heavy atom.